The van der Waals surface area contributed by atoms with Crippen molar-refractivity contribution >= 4 is 33.5 Å². The normalized spacial score (nSPS) is 11.2. The molecular weight excluding hydrogens is 297 g/mol. The van der Waals surface area contributed by atoms with E-state index in [-0.39, 0.29) is 10.8 Å². The van der Waals surface area contributed by atoms with Crippen molar-refractivity contribution in [2.24, 2.45) is 0 Å². The number of hydrogen-bond donors (Lipinski definition) is 1. The Kier molecular flexibility index (Phi) is 3.51. The maximum Gasteiger partial charge on any atom is 0.501 e. The van der Waals surface area contributed by atoms with Gasteiger partial charge in [-0.1, -0.05) is 11.6 Å². The van der Waals surface area contributed by atoms with Gasteiger partial charge in [0.1, 0.15) is 5.75 Å². The number of ether oxygens (including phenoxy) is 1. The molecule has 1 aromatic carbocycles. The van der Waals surface area contributed by atoms with E-state index in [9.17, 15) is 13.6 Å². The summed E-state index contributed by atoms with van der Waals surface area (Å²) in [6.45, 7) is 0. The highest BCUT2D eigenvalue weighted by molar-refractivity contribution is 9.10. The lowest BCUT2D eigenvalue weighted by Gasteiger charge is -2.13. The molecule has 0 bridgehead atoms. The van der Waals surface area contributed by atoms with Crippen LogP contribution in [-0.2, 0) is 4.79 Å². The number of aliphatic carboxylic acids is 1. The number of hydrogen-bond acceptors (Lipinski definition) is 2. The lowest BCUT2D eigenvalue weighted by atomic mass is 10.3. The maximum atomic E-state index is 12.6. The second kappa shape index (κ2) is 4.32. The van der Waals surface area contributed by atoms with Gasteiger partial charge in [-0.3, -0.25) is 0 Å². The molecule has 0 atom stereocenters. The summed E-state index contributed by atoms with van der Waals surface area (Å²) in [5.41, 5.74) is 0. The van der Waals surface area contributed by atoms with Crippen LogP contribution in [0.2, 0.25) is 5.02 Å². The highest BCUT2D eigenvalue weighted by atomic mass is 79.9. The predicted molar refractivity (Wildman–Crippen MR) is 52.4 cm³/mol. The van der Waals surface area contributed by atoms with E-state index < -0.39 is 12.1 Å². The third kappa shape index (κ3) is 3.04. The molecule has 0 amide bonds. The first-order valence-corrected chi connectivity index (χ1v) is 4.75. The molecule has 0 saturated heterocycles. The second-order valence-electron chi connectivity index (χ2n) is 2.50. The zero-order valence-corrected chi connectivity index (χ0v) is 9.35. The van der Waals surface area contributed by atoms with Crippen molar-refractivity contribution in [3.05, 3.63) is 27.7 Å². The van der Waals surface area contributed by atoms with Gasteiger partial charge in [0.15, 0.2) is 0 Å². The second-order valence-corrected chi connectivity index (χ2v) is 3.76. The van der Waals surface area contributed by atoms with E-state index in [1.807, 2.05) is 0 Å². The van der Waals surface area contributed by atoms with Crippen LogP contribution in [0.15, 0.2) is 22.7 Å². The summed E-state index contributed by atoms with van der Waals surface area (Å²) in [7, 11) is 0. The standard InChI is InChI=1S/C8H4BrClF2O3/c9-5-2-1-4(3-6(5)10)15-8(11,12)7(13)14/h1-3H,(H,13,14). The summed E-state index contributed by atoms with van der Waals surface area (Å²) in [5, 5.41) is 8.26. The zero-order chi connectivity index (χ0) is 11.6. The van der Waals surface area contributed by atoms with Crippen molar-refractivity contribution in [1.82, 2.24) is 0 Å². The first kappa shape index (κ1) is 12.2. The molecule has 0 heterocycles. The fourth-order valence-corrected chi connectivity index (χ4v) is 1.15. The van der Waals surface area contributed by atoms with E-state index in [4.69, 9.17) is 16.7 Å². The summed E-state index contributed by atoms with van der Waals surface area (Å²) < 4.78 is 29.6. The number of rotatable bonds is 3. The number of halogens is 4. The molecule has 0 spiro atoms. The maximum absolute atomic E-state index is 12.6. The van der Waals surface area contributed by atoms with E-state index in [0.29, 0.717) is 4.47 Å². The van der Waals surface area contributed by atoms with Gasteiger partial charge in [-0.05, 0) is 28.1 Å². The van der Waals surface area contributed by atoms with Crippen LogP contribution in [0.4, 0.5) is 8.78 Å². The smallest absolute Gasteiger partial charge is 0.474 e. The van der Waals surface area contributed by atoms with Gasteiger partial charge in [-0.25, -0.2) is 4.79 Å². The molecule has 0 unspecified atom stereocenters. The van der Waals surface area contributed by atoms with Crippen LogP contribution < -0.4 is 4.74 Å². The quantitative estimate of drug-likeness (QED) is 0.933. The van der Waals surface area contributed by atoms with Gasteiger partial charge in [0.2, 0.25) is 0 Å². The van der Waals surface area contributed by atoms with Crippen LogP contribution in [0.1, 0.15) is 0 Å². The number of carbonyl (C=O) groups is 1. The van der Waals surface area contributed by atoms with E-state index >= 15 is 0 Å². The molecule has 1 rings (SSSR count). The predicted octanol–water partition coefficient (Wildman–Crippen LogP) is 3.16. The van der Waals surface area contributed by atoms with E-state index in [1.54, 1.807) is 0 Å². The Hall–Kier alpha value is -0.880. The van der Waals surface area contributed by atoms with Crippen LogP contribution in [-0.4, -0.2) is 17.2 Å². The van der Waals surface area contributed by atoms with Crippen LogP contribution in [0.5, 0.6) is 5.75 Å². The molecule has 0 aliphatic heterocycles. The van der Waals surface area contributed by atoms with Crippen molar-refractivity contribution in [3.63, 3.8) is 0 Å². The molecule has 0 radical (unpaired) electrons. The Morgan fingerprint density at radius 1 is 1.53 bits per heavy atom. The molecule has 15 heavy (non-hydrogen) atoms. The lowest BCUT2D eigenvalue weighted by molar-refractivity contribution is -0.210. The van der Waals surface area contributed by atoms with E-state index in [2.05, 4.69) is 20.7 Å². The summed E-state index contributed by atoms with van der Waals surface area (Å²) >= 11 is 8.65. The van der Waals surface area contributed by atoms with E-state index in [0.717, 1.165) is 6.07 Å². The van der Waals surface area contributed by atoms with Gasteiger partial charge in [0.05, 0.1) is 5.02 Å². The minimum absolute atomic E-state index is 0.147. The average molecular weight is 301 g/mol. The van der Waals surface area contributed by atoms with Crippen LogP contribution >= 0.6 is 27.5 Å². The largest absolute Gasteiger partial charge is 0.501 e. The lowest BCUT2D eigenvalue weighted by Crippen LogP contribution is -2.34. The summed E-state index contributed by atoms with van der Waals surface area (Å²) in [5.74, 6) is -2.68. The number of benzene rings is 1. The van der Waals surface area contributed by atoms with Crippen molar-refractivity contribution in [1.29, 1.82) is 0 Å². The molecule has 1 N–H and O–H groups in total. The topological polar surface area (TPSA) is 46.5 Å². The fourth-order valence-electron chi connectivity index (χ4n) is 0.732. The Morgan fingerprint density at radius 3 is 2.60 bits per heavy atom. The van der Waals surface area contributed by atoms with Gasteiger partial charge in [-0.15, -0.1) is 0 Å². The zero-order valence-electron chi connectivity index (χ0n) is 7.01. The molecular formula is C8H4BrClF2O3. The minimum atomic E-state index is -4.27. The van der Waals surface area contributed by atoms with Gasteiger partial charge < -0.3 is 9.84 Å². The molecule has 1 aromatic rings. The number of carboxylic acids is 1. The molecule has 3 nitrogen and oxygen atoms in total. The third-order valence-corrected chi connectivity index (χ3v) is 2.62. The number of alkyl halides is 2. The van der Waals surface area contributed by atoms with Gasteiger partial charge >= 0.3 is 12.1 Å². The fraction of sp³-hybridized carbons (Fsp3) is 0.125. The van der Waals surface area contributed by atoms with Gasteiger partial charge in [0, 0.05) is 10.5 Å². The van der Waals surface area contributed by atoms with Crippen molar-refractivity contribution in [2.75, 3.05) is 0 Å². The molecule has 0 aromatic heterocycles. The summed E-state index contributed by atoms with van der Waals surface area (Å²) in [6.07, 6.45) is -4.27. The Labute approximate surface area is 96.7 Å². The van der Waals surface area contributed by atoms with E-state index in [1.165, 1.54) is 12.1 Å². The summed E-state index contributed by atoms with van der Waals surface area (Å²) in [6, 6.07) is 3.63. The minimum Gasteiger partial charge on any atom is -0.474 e. The van der Waals surface area contributed by atoms with Gasteiger partial charge in [-0.2, -0.15) is 8.78 Å². The van der Waals surface area contributed by atoms with Crippen LogP contribution in [0.25, 0.3) is 0 Å². The number of carboxylic acid groups (broad SMARTS) is 1. The van der Waals surface area contributed by atoms with Gasteiger partial charge in [0.25, 0.3) is 0 Å². The Morgan fingerprint density at radius 2 is 2.13 bits per heavy atom. The molecule has 0 fully saturated rings. The van der Waals surface area contributed by atoms with Crippen molar-refractivity contribution in [3.8, 4) is 5.75 Å². The molecule has 7 heteroatoms. The first-order valence-electron chi connectivity index (χ1n) is 3.58. The van der Waals surface area contributed by atoms with Crippen molar-refractivity contribution in [2.45, 2.75) is 6.11 Å². The average Bonchev–Trinajstić information content (AvgIpc) is 2.10. The SMILES string of the molecule is O=C(O)C(F)(F)Oc1ccc(Br)c(Cl)c1. The molecule has 0 aliphatic carbocycles. The molecule has 0 saturated carbocycles. The molecule has 82 valence electrons. The van der Waals surface area contributed by atoms with Crippen molar-refractivity contribution < 1.29 is 23.4 Å². The highest BCUT2D eigenvalue weighted by Gasteiger charge is 2.42. The Bertz CT molecular complexity index is 397. The Balaban J connectivity index is 2.91. The van der Waals surface area contributed by atoms with Crippen LogP contribution in [0, 0.1) is 0 Å². The monoisotopic (exact) mass is 300 g/mol. The summed E-state index contributed by atoms with van der Waals surface area (Å²) in [4.78, 5) is 10.1. The molecule has 0 aliphatic rings. The first-order chi connectivity index (χ1) is 6.83. The highest BCUT2D eigenvalue weighted by Crippen LogP contribution is 2.29. The van der Waals surface area contributed by atoms with Crippen LogP contribution in [0.3, 0.4) is 0 Å². The third-order valence-electron chi connectivity index (χ3n) is 1.39.